The third-order valence-corrected chi connectivity index (χ3v) is 4.31. The average Bonchev–Trinajstić information content (AvgIpc) is 2.63. The first-order chi connectivity index (χ1) is 11.7. The van der Waals surface area contributed by atoms with Gasteiger partial charge in [-0.2, -0.15) is 0 Å². The molecule has 4 nitrogen and oxygen atoms in total. The van der Waals surface area contributed by atoms with Crippen LogP contribution in [0.15, 0.2) is 59.6 Å². The standard InChI is InChI=1S/C19H23FN4.HI/c20-17-6-8-18(9-7-17)23-12-14-24(15-13-23)19(21)22-11-10-16-4-2-1-3-5-16;/h1-9H,10-15H2,(H2,21,22);1H. The summed E-state index contributed by atoms with van der Waals surface area (Å²) in [6.07, 6.45) is 0.900. The zero-order valence-corrected chi connectivity index (χ0v) is 16.5. The number of hydrogen-bond acceptors (Lipinski definition) is 2. The Morgan fingerprint density at radius 1 is 0.960 bits per heavy atom. The molecule has 1 fully saturated rings. The van der Waals surface area contributed by atoms with E-state index in [1.54, 1.807) is 0 Å². The fourth-order valence-corrected chi connectivity index (χ4v) is 2.89. The highest BCUT2D eigenvalue weighted by atomic mass is 127. The van der Waals surface area contributed by atoms with Crippen molar-refractivity contribution in [2.24, 2.45) is 10.7 Å². The molecule has 25 heavy (non-hydrogen) atoms. The number of rotatable bonds is 4. The van der Waals surface area contributed by atoms with Crippen molar-refractivity contribution in [3.63, 3.8) is 0 Å². The predicted octanol–water partition coefficient (Wildman–Crippen LogP) is 3.12. The molecule has 1 aliphatic rings. The maximum absolute atomic E-state index is 13.0. The number of guanidine groups is 1. The Kier molecular flexibility index (Phi) is 7.49. The summed E-state index contributed by atoms with van der Waals surface area (Å²) in [6.45, 7) is 4.09. The van der Waals surface area contributed by atoms with Gasteiger partial charge in [-0.25, -0.2) is 4.39 Å². The van der Waals surface area contributed by atoms with Crippen molar-refractivity contribution in [2.45, 2.75) is 6.42 Å². The van der Waals surface area contributed by atoms with Gasteiger partial charge in [0.25, 0.3) is 0 Å². The highest BCUT2D eigenvalue weighted by molar-refractivity contribution is 14.0. The summed E-state index contributed by atoms with van der Waals surface area (Å²) in [5, 5.41) is 0. The van der Waals surface area contributed by atoms with Crippen molar-refractivity contribution in [1.29, 1.82) is 0 Å². The van der Waals surface area contributed by atoms with E-state index in [0.29, 0.717) is 12.5 Å². The van der Waals surface area contributed by atoms with Crippen LogP contribution in [0.2, 0.25) is 0 Å². The van der Waals surface area contributed by atoms with Gasteiger partial charge in [-0.1, -0.05) is 30.3 Å². The van der Waals surface area contributed by atoms with Gasteiger partial charge in [-0.05, 0) is 36.2 Å². The number of nitrogens with zero attached hydrogens (tertiary/aromatic N) is 3. The van der Waals surface area contributed by atoms with E-state index in [0.717, 1.165) is 38.3 Å². The van der Waals surface area contributed by atoms with Crippen molar-refractivity contribution < 1.29 is 4.39 Å². The lowest BCUT2D eigenvalue weighted by Crippen LogP contribution is -2.51. The minimum Gasteiger partial charge on any atom is -0.370 e. The Balaban J connectivity index is 0.00000225. The molecule has 0 spiro atoms. The largest absolute Gasteiger partial charge is 0.370 e. The highest BCUT2D eigenvalue weighted by Gasteiger charge is 2.18. The normalized spacial score (nSPS) is 15.0. The van der Waals surface area contributed by atoms with Crippen molar-refractivity contribution in [3.8, 4) is 0 Å². The topological polar surface area (TPSA) is 44.9 Å². The summed E-state index contributed by atoms with van der Waals surface area (Å²) in [5.41, 5.74) is 8.45. The van der Waals surface area contributed by atoms with Gasteiger partial charge in [-0.3, -0.25) is 4.99 Å². The van der Waals surface area contributed by atoms with Crippen LogP contribution in [0, 0.1) is 5.82 Å². The summed E-state index contributed by atoms with van der Waals surface area (Å²) in [6, 6.07) is 16.9. The minimum atomic E-state index is -0.202. The predicted molar refractivity (Wildman–Crippen MR) is 112 cm³/mol. The number of anilines is 1. The highest BCUT2D eigenvalue weighted by Crippen LogP contribution is 2.16. The summed E-state index contributed by atoms with van der Waals surface area (Å²) in [5.74, 6) is 0.414. The lowest BCUT2D eigenvalue weighted by atomic mass is 10.2. The van der Waals surface area contributed by atoms with Gasteiger partial charge < -0.3 is 15.5 Å². The second-order valence-corrected chi connectivity index (χ2v) is 5.93. The first kappa shape index (κ1) is 19.5. The third kappa shape index (κ3) is 5.59. The molecule has 0 aromatic heterocycles. The molecule has 1 aliphatic heterocycles. The van der Waals surface area contributed by atoms with Crippen molar-refractivity contribution in [2.75, 3.05) is 37.6 Å². The van der Waals surface area contributed by atoms with E-state index in [2.05, 4.69) is 26.9 Å². The van der Waals surface area contributed by atoms with Crippen LogP contribution in [-0.4, -0.2) is 43.6 Å². The molecular formula is C19H24FIN4. The second kappa shape index (κ2) is 9.60. The van der Waals surface area contributed by atoms with E-state index < -0.39 is 0 Å². The van der Waals surface area contributed by atoms with Gasteiger partial charge in [0.15, 0.2) is 5.96 Å². The van der Waals surface area contributed by atoms with Crippen molar-refractivity contribution >= 4 is 35.6 Å². The smallest absolute Gasteiger partial charge is 0.191 e. The van der Waals surface area contributed by atoms with E-state index in [1.165, 1.54) is 17.7 Å². The first-order valence-corrected chi connectivity index (χ1v) is 8.32. The molecule has 0 unspecified atom stereocenters. The Hall–Kier alpha value is -1.83. The Bertz CT molecular complexity index is 668. The van der Waals surface area contributed by atoms with Gasteiger partial charge in [0, 0.05) is 38.4 Å². The molecule has 0 atom stereocenters. The average molecular weight is 454 g/mol. The quantitative estimate of drug-likeness (QED) is 0.439. The molecule has 2 aromatic carbocycles. The molecule has 6 heteroatoms. The van der Waals surface area contributed by atoms with Crippen LogP contribution < -0.4 is 10.6 Å². The Morgan fingerprint density at radius 2 is 1.60 bits per heavy atom. The van der Waals surface area contributed by atoms with Crippen LogP contribution in [0.5, 0.6) is 0 Å². The zero-order chi connectivity index (χ0) is 16.8. The zero-order valence-electron chi connectivity index (χ0n) is 14.1. The van der Waals surface area contributed by atoms with Crippen LogP contribution in [0.4, 0.5) is 10.1 Å². The van der Waals surface area contributed by atoms with Gasteiger partial charge in [0.05, 0.1) is 0 Å². The van der Waals surface area contributed by atoms with Crippen molar-refractivity contribution in [3.05, 3.63) is 66.0 Å². The molecule has 0 saturated carbocycles. The first-order valence-electron chi connectivity index (χ1n) is 8.32. The SMILES string of the molecule is I.NC(=NCCc1ccccc1)N1CCN(c2ccc(F)cc2)CC1. The summed E-state index contributed by atoms with van der Waals surface area (Å²) in [7, 11) is 0. The molecule has 0 radical (unpaired) electrons. The van der Waals surface area contributed by atoms with Crippen LogP contribution in [-0.2, 0) is 6.42 Å². The number of nitrogens with two attached hydrogens (primary N) is 1. The molecule has 1 saturated heterocycles. The molecule has 134 valence electrons. The molecule has 3 rings (SSSR count). The number of benzene rings is 2. The molecular weight excluding hydrogens is 430 g/mol. The molecule has 0 bridgehead atoms. The van der Waals surface area contributed by atoms with Gasteiger partial charge >= 0.3 is 0 Å². The summed E-state index contributed by atoms with van der Waals surface area (Å²) in [4.78, 5) is 8.86. The fourth-order valence-electron chi connectivity index (χ4n) is 2.89. The second-order valence-electron chi connectivity index (χ2n) is 5.93. The van der Waals surface area contributed by atoms with Crippen LogP contribution in [0.1, 0.15) is 5.56 Å². The molecule has 0 aliphatic carbocycles. The number of hydrogen-bond donors (Lipinski definition) is 1. The minimum absolute atomic E-state index is 0. The number of aliphatic imine (C=N–C) groups is 1. The lowest BCUT2D eigenvalue weighted by molar-refractivity contribution is 0.381. The van der Waals surface area contributed by atoms with Gasteiger partial charge in [0.2, 0.25) is 0 Å². The Morgan fingerprint density at radius 3 is 2.24 bits per heavy atom. The summed E-state index contributed by atoms with van der Waals surface area (Å²) < 4.78 is 13.0. The van der Waals surface area contributed by atoms with Crippen LogP contribution >= 0.6 is 24.0 Å². The van der Waals surface area contributed by atoms with E-state index in [4.69, 9.17) is 5.73 Å². The van der Waals surface area contributed by atoms with E-state index in [-0.39, 0.29) is 29.8 Å². The molecule has 1 heterocycles. The van der Waals surface area contributed by atoms with Crippen LogP contribution in [0.3, 0.4) is 0 Å². The van der Waals surface area contributed by atoms with Crippen molar-refractivity contribution in [1.82, 2.24) is 4.90 Å². The van der Waals surface area contributed by atoms with E-state index >= 15 is 0 Å². The molecule has 2 N–H and O–H groups in total. The maximum atomic E-state index is 13.0. The summed E-state index contributed by atoms with van der Waals surface area (Å²) >= 11 is 0. The fraction of sp³-hybridized carbons (Fsp3) is 0.316. The maximum Gasteiger partial charge on any atom is 0.191 e. The number of halogens is 2. The van der Waals surface area contributed by atoms with Gasteiger partial charge in [-0.15, -0.1) is 24.0 Å². The lowest BCUT2D eigenvalue weighted by Gasteiger charge is -2.36. The Labute approximate surface area is 165 Å². The van der Waals surface area contributed by atoms with Gasteiger partial charge in [0.1, 0.15) is 5.82 Å². The third-order valence-electron chi connectivity index (χ3n) is 4.31. The van der Waals surface area contributed by atoms with E-state index in [1.807, 2.05) is 30.3 Å². The van der Waals surface area contributed by atoms with Crippen LogP contribution in [0.25, 0.3) is 0 Å². The molecule has 0 amide bonds. The van der Waals surface area contributed by atoms with E-state index in [9.17, 15) is 4.39 Å². The number of piperazine rings is 1. The monoisotopic (exact) mass is 454 g/mol. The molecule has 2 aromatic rings.